The number of aryl methyl sites for hydroxylation is 1. The SMILES string of the molecule is COc1ccc(C)c2c1N(C(=O)c1ccc(Cl)cc1Cl)CCC2. The Balaban J connectivity index is 2.09. The first kappa shape index (κ1) is 16.2. The normalized spacial score (nSPS) is 13.7. The van der Waals surface area contributed by atoms with Crippen LogP contribution < -0.4 is 9.64 Å². The molecule has 0 radical (unpaired) electrons. The van der Waals surface area contributed by atoms with Crippen LogP contribution in [0.2, 0.25) is 10.0 Å². The van der Waals surface area contributed by atoms with Crippen LogP contribution in [0, 0.1) is 6.92 Å². The van der Waals surface area contributed by atoms with Crippen LogP contribution in [-0.2, 0) is 6.42 Å². The van der Waals surface area contributed by atoms with E-state index in [1.54, 1.807) is 30.2 Å². The summed E-state index contributed by atoms with van der Waals surface area (Å²) in [5.74, 6) is 0.584. The van der Waals surface area contributed by atoms with Gasteiger partial charge in [-0.3, -0.25) is 4.79 Å². The van der Waals surface area contributed by atoms with Crippen LogP contribution in [0.5, 0.6) is 5.75 Å². The third-order valence-corrected chi connectivity index (χ3v) is 4.73. The number of fused-ring (bicyclic) bond motifs is 1. The van der Waals surface area contributed by atoms with Crippen molar-refractivity contribution in [2.75, 3.05) is 18.6 Å². The van der Waals surface area contributed by atoms with Gasteiger partial charge in [0, 0.05) is 11.6 Å². The molecule has 0 atom stereocenters. The molecule has 0 N–H and O–H groups in total. The monoisotopic (exact) mass is 349 g/mol. The molecule has 0 fully saturated rings. The van der Waals surface area contributed by atoms with Crippen molar-refractivity contribution in [3.8, 4) is 5.75 Å². The number of carbonyl (C=O) groups is 1. The molecule has 0 aromatic heterocycles. The van der Waals surface area contributed by atoms with Crippen molar-refractivity contribution in [1.29, 1.82) is 0 Å². The van der Waals surface area contributed by atoms with Crippen molar-refractivity contribution in [3.05, 3.63) is 57.1 Å². The molecule has 0 bridgehead atoms. The number of carbonyl (C=O) groups excluding carboxylic acids is 1. The molecule has 2 aromatic rings. The summed E-state index contributed by atoms with van der Waals surface area (Å²) in [7, 11) is 1.62. The average Bonchev–Trinajstić information content (AvgIpc) is 2.54. The van der Waals surface area contributed by atoms with Gasteiger partial charge in [-0.15, -0.1) is 0 Å². The zero-order valence-electron chi connectivity index (χ0n) is 13.0. The highest BCUT2D eigenvalue weighted by atomic mass is 35.5. The van der Waals surface area contributed by atoms with Crippen molar-refractivity contribution in [1.82, 2.24) is 0 Å². The van der Waals surface area contributed by atoms with Crippen LogP contribution in [0.25, 0.3) is 0 Å². The van der Waals surface area contributed by atoms with Crippen molar-refractivity contribution in [2.24, 2.45) is 0 Å². The van der Waals surface area contributed by atoms with Crippen molar-refractivity contribution in [3.63, 3.8) is 0 Å². The van der Waals surface area contributed by atoms with E-state index in [0.717, 1.165) is 24.1 Å². The highest BCUT2D eigenvalue weighted by Gasteiger charge is 2.28. The topological polar surface area (TPSA) is 29.5 Å². The fourth-order valence-electron chi connectivity index (χ4n) is 3.03. The van der Waals surface area contributed by atoms with Crippen molar-refractivity contribution >= 4 is 34.8 Å². The molecule has 0 saturated carbocycles. The minimum atomic E-state index is -0.128. The fraction of sp³-hybridized carbons (Fsp3) is 0.278. The number of amides is 1. The molecule has 23 heavy (non-hydrogen) atoms. The van der Waals surface area contributed by atoms with Gasteiger partial charge in [-0.2, -0.15) is 0 Å². The minimum Gasteiger partial charge on any atom is -0.495 e. The van der Waals surface area contributed by atoms with E-state index < -0.39 is 0 Å². The first-order valence-electron chi connectivity index (χ1n) is 7.46. The first-order chi connectivity index (χ1) is 11.0. The van der Waals surface area contributed by atoms with E-state index in [0.29, 0.717) is 27.9 Å². The lowest BCUT2D eigenvalue weighted by Gasteiger charge is -2.32. The molecule has 120 valence electrons. The summed E-state index contributed by atoms with van der Waals surface area (Å²) >= 11 is 12.1. The van der Waals surface area contributed by atoms with Gasteiger partial charge in [-0.1, -0.05) is 29.3 Å². The number of ether oxygens (including phenoxy) is 1. The second-order valence-electron chi connectivity index (χ2n) is 5.60. The molecular weight excluding hydrogens is 333 g/mol. The van der Waals surface area contributed by atoms with Gasteiger partial charge in [-0.05, 0) is 55.2 Å². The Morgan fingerprint density at radius 1 is 1.22 bits per heavy atom. The van der Waals surface area contributed by atoms with Crippen molar-refractivity contribution in [2.45, 2.75) is 19.8 Å². The summed E-state index contributed by atoms with van der Waals surface area (Å²) in [4.78, 5) is 14.8. The number of hydrogen-bond acceptors (Lipinski definition) is 2. The summed E-state index contributed by atoms with van der Waals surface area (Å²) in [5, 5.41) is 0.875. The van der Waals surface area contributed by atoms with E-state index in [2.05, 4.69) is 6.92 Å². The highest BCUT2D eigenvalue weighted by molar-refractivity contribution is 6.37. The average molecular weight is 350 g/mol. The Morgan fingerprint density at radius 2 is 2.00 bits per heavy atom. The lowest BCUT2D eigenvalue weighted by Crippen LogP contribution is -2.36. The van der Waals surface area contributed by atoms with E-state index in [9.17, 15) is 4.79 Å². The number of nitrogens with zero attached hydrogens (tertiary/aromatic N) is 1. The quantitative estimate of drug-likeness (QED) is 0.771. The zero-order valence-corrected chi connectivity index (χ0v) is 14.5. The predicted molar refractivity (Wildman–Crippen MR) is 94.2 cm³/mol. The van der Waals surface area contributed by atoms with Gasteiger partial charge in [0.15, 0.2) is 0 Å². The van der Waals surface area contributed by atoms with Crippen LogP contribution >= 0.6 is 23.2 Å². The summed E-state index contributed by atoms with van der Waals surface area (Å²) < 4.78 is 5.49. The Morgan fingerprint density at radius 3 is 2.70 bits per heavy atom. The Hall–Kier alpha value is -1.71. The third-order valence-electron chi connectivity index (χ3n) is 4.18. The Kier molecular flexibility index (Phi) is 4.51. The molecule has 0 saturated heterocycles. The maximum absolute atomic E-state index is 13.0. The third kappa shape index (κ3) is 2.91. The van der Waals surface area contributed by atoms with Crippen LogP contribution in [0.15, 0.2) is 30.3 Å². The molecule has 0 aliphatic carbocycles. The second kappa shape index (κ2) is 6.42. The predicted octanol–water partition coefficient (Wildman–Crippen LogP) is 4.90. The molecule has 1 heterocycles. The van der Waals surface area contributed by atoms with E-state index in [-0.39, 0.29) is 5.91 Å². The minimum absolute atomic E-state index is 0.128. The number of anilines is 1. The van der Waals surface area contributed by atoms with E-state index in [1.807, 2.05) is 12.1 Å². The summed E-state index contributed by atoms with van der Waals surface area (Å²) in [6.45, 7) is 2.70. The van der Waals surface area contributed by atoms with E-state index >= 15 is 0 Å². The lowest BCUT2D eigenvalue weighted by molar-refractivity contribution is 0.0984. The standard InChI is InChI=1S/C18H17Cl2NO2/c1-11-5-8-16(23-2)17-13(11)4-3-9-21(17)18(22)14-7-6-12(19)10-15(14)20/h5-8,10H,3-4,9H2,1-2H3. The van der Waals surface area contributed by atoms with Gasteiger partial charge in [0.05, 0.1) is 23.4 Å². The number of hydrogen-bond donors (Lipinski definition) is 0. The van der Waals surface area contributed by atoms with Crippen LogP contribution in [0.3, 0.4) is 0 Å². The van der Waals surface area contributed by atoms with Crippen LogP contribution in [-0.4, -0.2) is 19.6 Å². The molecule has 1 amide bonds. The maximum atomic E-state index is 13.0. The number of methoxy groups -OCH3 is 1. The van der Waals surface area contributed by atoms with Gasteiger partial charge >= 0.3 is 0 Å². The van der Waals surface area contributed by atoms with E-state index in [4.69, 9.17) is 27.9 Å². The van der Waals surface area contributed by atoms with Gasteiger partial charge in [-0.25, -0.2) is 0 Å². The number of halogens is 2. The largest absolute Gasteiger partial charge is 0.495 e. The second-order valence-corrected chi connectivity index (χ2v) is 6.44. The van der Waals surface area contributed by atoms with Gasteiger partial charge < -0.3 is 9.64 Å². The number of rotatable bonds is 2. The molecule has 1 aliphatic heterocycles. The Labute approximate surface area is 145 Å². The van der Waals surface area contributed by atoms with Gasteiger partial charge in [0.2, 0.25) is 0 Å². The smallest absolute Gasteiger partial charge is 0.259 e. The van der Waals surface area contributed by atoms with Crippen molar-refractivity contribution < 1.29 is 9.53 Å². The zero-order chi connectivity index (χ0) is 16.6. The highest BCUT2D eigenvalue weighted by Crippen LogP contribution is 2.39. The summed E-state index contributed by atoms with van der Waals surface area (Å²) in [6.07, 6.45) is 1.86. The molecule has 2 aromatic carbocycles. The number of benzene rings is 2. The van der Waals surface area contributed by atoms with E-state index in [1.165, 1.54) is 5.56 Å². The molecule has 0 spiro atoms. The molecular formula is C18H17Cl2NO2. The maximum Gasteiger partial charge on any atom is 0.259 e. The van der Waals surface area contributed by atoms with Crippen LogP contribution in [0.1, 0.15) is 27.9 Å². The van der Waals surface area contributed by atoms with Gasteiger partial charge in [0.25, 0.3) is 5.91 Å². The lowest BCUT2D eigenvalue weighted by atomic mass is 9.95. The first-order valence-corrected chi connectivity index (χ1v) is 8.22. The summed E-state index contributed by atoms with van der Waals surface area (Å²) in [5.41, 5.74) is 3.64. The molecule has 5 heteroatoms. The fourth-order valence-corrected chi connectivity index (χ4v) is 3.52. The van der Waals surface area contributed by atoms with Crippen LogP contribution in [0.4, 0.5) is 5.69 Å². The summed E-state index contributed by atoms with van der Waals surface area (Å²) in [6, 6.07) is 8.88. The van der Waals surface area contributed by atoms with Gasteiger partial charge in [0.1, 0.15) is 5.75 Å². The molecule has 0 unspecified atom stereocenters. The molecule has 3 rings (SSSR count). The Bertz CT molecular complexity index is 774. The molecule has 1 aliphatic rings. The molecule has 3 nitrogen and oxygen atoms in total.